The van der Waals surface area contributed by atoms with Gasteiger partial charge < -0.3 is 19.5 Å². The molecule has 8 nitrogen and oxygen atoms in total. The Hall–Kier alpha value is -2.77. The van der Waals surface area contributed by atoms with Crippen molar-refractivity contribution < 1.29 is 28.6 Å². The highest BCUT2D eigenvalue weighted by Gasteiger charge is 2.28. The number of amides is 3. The highest BCUT2D eigenvalue weighted by molar-refractivity contribution is 6.04. The number of hydrogen-bond donors (Lipinski definition) is 2. The summed E-state index contributed by atoms with van der Waals surface area (Å²) < 4.78 is 16.8. The molecule has 0 bridgehead atoms. The van der Waals surface area contributed by atoms with Crippen LogP contribution in [0.25, 0.3) is 0 Å². The number of rotatable bonds is 8. The van der Waals surface area contributed by atoms with Gasteiger partial charge in [0.2, 0.25) is 17.6 Å². The highest BCUT2D eigenvalue weighted by Crippen LogP contribution is 2.39. The summed E-state index contributed by atoms with van der Waals surface area (Å²) in [5.74, 6) is -0.0601. The van der Waals surface area contributed by atoms with Crippen molar-refractivity contribution in [1.82, 2.24) is 10.6 Å². The van der Waals surface area contributed by atoms with Crippen molar-refractivity contribution in [3.8, 4) is 17.2 Å². The Morgan fingerprint density at radius 2 is 1.65 bits per heavy atom. The maximum atomic E-state index is 12.6. The Balaban J connectivity index is 2.27. The van der Waals surface area contributed by atoms with E-state index in [0.717, 1.165) is 0 Å². The molecule has 1 fully saturated rings. The third-order valence-electron chi connectivity index (χ3n) is 3.72. The number of ether oxygens (including phenoxy) is 3. The van der Waals surface area contributed by atoms with E-state index in [1.807, 2.05) is 20.8 Å². The number of hydrogen-bond acceptors (Lipinski definition) is 6. The second-order valence-electron chi connectivity index (χ2n) is 5.58. The lowest BCUT2D eigenvalue weighted by atomic mass is 10.1. The van der Waals surface area contributed by atoms with Crippen LogP contribution in [0.15, 0.2) is 12.1 Å². The molecule has 142 valence electrons. The lowest BCUT2D eigenvalue weighted by Gasteiger charge is -2.22. The fraction of sp³-hybridized carbons (Fsp3) is 0.500. The van der Waals surface area contributed by atoms with E-state index in [4.69, 9.17) is 14.2 Å². The van der Waals surface area contributed by atoms with E-state index in [-0.39, 0.29) is 24.3 Å². The molecule has 3 amide bonds. The minimum atomic E-state index is -0.752. The predicted molar refractivity (Wildman–Crippen MR) is 93.6 cm³/mol. The topological polar surface area (TPSA) is 103 Å². The van der Waals surface area contributed by atoms with Crippen LogP contribution in [0.2, 0.25) is 0 Å². The largest absolute Gasteiger partial charge is 0.490 e. The number of carbonyl (C=O) groups excluding carboxylic acids is 3. The maximum absolute atomic E-state index is 12.6. The van der Waals surface area contributed by atoms with Crippen LogP contribution in [0.3, 0.4) is 0 Å². The van der Waals surface area contributed by atoms with Crippen LogP contribution in [0.4, 0.5) is 0 Å². The van der Waals surface area contributed by atoms with E-state index < -0.39 is 17.9 Å². The maximum Gasteiger partial charge on any atom is 0.252 e. The minimum absolute atomic E-state index is 0.189. The van der Waals surface area contributed by atoms with E-state index >= 15 is 0 Å². The van der Waals surface area contributed by atoms with Gasteiger partial charge in [-0.3, -0.25) is 19.7 Å². The summed E-state index contributed by atoms with van der Waals surface area (Å²) in [7, 11) is 0. The number of nitrogens with one attached hydrogen (secondary N) is 2. The van der Waals surface area contributed by atoms with Crippen molar-refractivity contribution in [3.05, 3.63) is 17.7 Å². The van der Waals surface area contributed by atoms with Crippen molar-refractivity contribution in [3.63, 3.8) is 0 Å². The molecule has 8 heteroatoms. The Labute approximate surface area is 152 Å². The van der Waals surface area contributed by atoms with Gasteiger partial charge in [0.1, 0.15) is 6.04 Å². The van der Waals surface area contributed by atoms with Crippen LogP contribution in [0.5, 0.6) is 17.2 Å². The molecule has 26 heavy (non-hydrogen) atoms. The summed E-state index contributed by atoms with van der Waals surface area (Å²) >= 11 is 0. The van der Waals surface area contributed by atoms with Crippen molar-refractivity contribution in [1.29, 1.82) is 0 Å². The molecular formula is C18H24N2O6. The molecule has 1 heterocycles. The first kappa shape index (κ1) is 19.6. The van der Waals surface area contributed by atoms with Crippen molar-refractivity contribution in [2.24, 2.45) is 0 Å². The average Bonchev–Trinajstić information content (AvgIpc) is 2.60. The number of imide groups is 1. The van der Waals surface area contributed by atoms with E-state index in [1.54, 1.807) is 12.1 Å². The molecule has 0 radical (unpaired) electrons. The monoisotopic (exact) mass is 364 g/mol. The zero-order valence-corrected chi connectivity index (χ0v) is 15.2. The minimum Gasteiger partial charge on any atom is -0.490 e. The average molecular weight is 364 g/mol. The number of piperidine rings is 1. The summed E-state index contributed by atoms with van der Waals surface area (Å²) in [6.07, 6.45) is 0.457. The fourth-order valence-electron chi connectivity index (χ4n) is 2.59. The first-order valence-corrected chi connectivity index (χ1v) is 8.71. The van der Waals surface area contributed by atoms with Gasteiger partial charge in [0.05, 0.1) is 19.8 Å². The molecule has 1 aliphatic rings. The van der Waals surface area contributed by atoms with Gasteiger partial charge >= 0.3 is 0 Å². The van der Waals surface area contributed by atoms with Gasteiger partial charge in [-0.1, -0.05) is 0 Å². The van der Waals surface area contributed by atoms with E-state index in [9.17, 15) is 14.4 Å². The summed E-state index contributed by atoms with van der Waals surface area (Å²) in [5, 5.41) is 4.85. The Morgan fingerprint density at radius 3 is 2.15 bits per heavy atom. The SMILES string of the molecule is CCOc1cc(C(=O)NC2CCC(=O)NC2=O)cc(OCC)c1OCC. The molecule has 1 atom stereocenters. The fourth-order valence-corrected chi connectivity index (χ4v) is 2.59. The van der Waals surface area contributed by atoms with Gasteiger partial charge in [-0.25, -0.2) is 0 Å². The van der Waals surface area contributed by atoms with Crippen LogP contribution in [0.1, 0.15) is 44.0 Å². The Kier molecular flexibility index (Phi) is 6.82. The third-order valence-corrected chi connectivity index (χ3v) is 3.72. The molecule has 2 N–H and O–H groups in total. The van der Waals surface area contributed by atoms with Gasteiger partial charge in [0, 0.05) is 12.0 Å². The van der Waals surface area contributed by atoms with E-state index in [2.05, 4.69) is 10.6 Å². The van der Waals surface area contributed by atoms with Gasteiger partial charge in [-0.15, -0.1) is 0 Å². The van der Waals surface area contributed by atoms with Gasteiger partial charge in [-0.05, 0) is 39.3 Å². The third kappa shape index (κ3) is 4.65. The Bertz CT molecular complexity index is 661. The standard InChI is InChI=1S/C18H24N2O6/c1-4-24-13-9-11(10-14(25-5-2)16(13)26-6-3)17(22)19-12-7-8-15(21)20-18(12)23/h9-10,12H,4-8H2,1-3H3,(H,19,22)(H,20,21,23). The summed E-state index contributed by atoms with van der Waals surface area (Å²) in [6.45, 7) is 6.70. The molecule has 1 aromatic rings. The molecule has 1 aliphatic heterocycles. The summed E-state index contributed by atoms with van der Waals surface area (Å²) in [4.78, 5) is 35.6. The van der Waals surface area contributed by atoms with Crippen LogP contribution in [-0.2, 0) is 9.59 Å². The van der Waals surface area contributed by atoms with Crippen molar-refractivity contribution in [2.75, 3.05) is 19.8 Å². The van der Waals surface area contributed by atoms with Crippen LogP contribution in [0, 0.1) is 0 Å². The van der Waals surface area contributed by atoms with Crippen molar-refractivity contribution in [2.45, 2.75) is 39.7 Å². The second kappa shape index (κ2) is 9.07. The second-order valence-corrected chi connectivity index (χ2v) is 5.58. The summed E-state index contributed by atoms with van der Waals surface area (Å²) in [5.41, 5.74) is 0.282. The van der Waals surface area contributed by atoms with Crippen LogP contribution < -0.4 is 24.8 Å². The molecule has 0 spiro atoms. The van der Waals surface area contributed by atoms with Gasteiger partial charge in [0.25, 0.3) is 5.91 Å². The molecule has 0 aromatic heterocycles. The first-order valence-electron chi connectivity index (χ1n) is 8.71. The van der Waals surface area contributed by atoms with E-state index in [1.165, 1.54) is 0 Å². The normalized spacial score (nSPS) is 16.7. The van der Waals surface area contributed by atoms with Crippen LogP contribution in [-0.4, -0.2) is 43.6 Å². The first-order chi connectivity index (χ1) is 12.5. The molecule has 1 unspecified atom stereocenters. The quantitative estimate of drug-likeness (QED) is 0.676. The van der Waals surface area contributed by atoms with Gasteiger partial charge in [0.15, 0.2) is 11.5 Å². The molecule has 1 aromatic carbocycles. The van der Waals surface area contributed by atoms with Crippen LogP contribution >= 0.6 is 0 Å². The Morgan fingerprint density at radius 1 is 1.08 bits per heavy atom. The zero-order valence-electron chi connectivity index (χ0n) is 15.2. The molecule has 0 aliphatic carbocycles. The zero-order chi connectivity index (χ0) is 19.1. The van der Waals surface area contributed by atoms with E-state index in [0.29, 0.717) is 37.1 Å². The molecule has 2 rings (SSSR count). The molecule has 0 saturated carbocycles. The number of carbonyl (C=O) groups is 3. The molecular weight excluding hydrogens is 340 g/mol. The lowest BCUT2D eigenvalue weighted by Crippen LogP contribution is -2.52. The predicted octanol–water partition coefficient (Wildman–Crippen LogP) is 1.42. The smallest absolute Gasteiger partial charge is 0.252 e. The van der Waals surface area contributed by atoms with Gasteiger partial charge in [-0.2, -0.15) is 0 Å². The number of benzene rings is 1. The summed E-state index contributed by atoms with van der Waals surface area (Å²) in [6, 6.07) is 2.36. The van der Waals surface area contributed by atoms with Crippen molar-refractivity contribution >= 4 is 17.7 Å². The molecule has 1 saturated heterocycles. The highest BCUT2D eigenvalue weighted by atomic mass is 16.5. The lowest BCUT2D eigenvalue weighted by molar-refractivity contribution is -0.134.